The van der Waals surface area contributed by atoms with Gasteiger partial charge in [0.15, 0.2) is 0 Å². The minimum Gasteiger partial charge on any atom is -0.389 e. The molecule has 2 rings (SSSR count). The Labute approximate surface area is 133 Å². The van der Waals surface area contributed by atoms with Crippen molar-refractivity contribution < 1.29 is 0 Å². The number of thioether (sulfide) groups is 1. The third-order valence-electron chi connectivity index (χ3n) is 3.59. The molecule has 104 valence electrons. The Morgan fingerprint density at radius 3 is 2.84 bits per heavy atom. The topological polar surface area (TPSA) is 38.0 Å². The molecule has 1 aliphatic carbocycles. The van der Waals surface area contributed by atoms with Crippen LogP contribution in [0.5, 0.6) is 0 Å². The van der Waals surface area contributed by atoms with Gasteiger partial charge in [0, 0.05) is 27.0 Å². The van der Waals surface area contributed by atoms with Crippen molar-refractivity contribution in [3.63, 3.8) is 0 Å². The van der Waals surface area contributed by atoms with E-state index >= 15 is 0 Å². The van der Waals surface area contributed by atoms with Crippen LogP contribution in [0.25, 0.3) is 0 Å². The lowest BCUT2D eigenvalue weighted by atomic mass is 9.94. The van der Waals surface area contributed by atoms with Crippen LogP contribution in [0.15, 0.2) is 22.7 Å². The highest BCUT2D eigenvalue weighted by molar-refractivity contribution is 9.10. The molecule has 5 heteroatoms. The molecule has 1 aromatic rings. The molecular formula is C14H19BrN2S2. The van der Waals surface area contributed by atoms with E-state index in [0.29, 0.717) is 16.3 Å². The highest BCUT2D eigenvalue weighted by Gasteiger charge is 2.24. The molecule has 1 aromatic carbocycles. The standard InChI is InChI=1S/C14H19BrN2S2/c1-19-13-5-3-2-4-12(13)17-11-7-6-9(15)8-10(11)14(16)18/h6-8,12-13,17H,2-5H2,1H3,(H2,16,18). The van der Waals surface area contributed by atoms with Crippen molar-refractivity contribution in [2.24, 2.45) is 5.73 Å². The molecule has 0 amide bonds. The molecule has 2 unspecified atom stereocenters. The van der Waals surface area contributed by atoms with Crippen molar-refractivity contribution in [3.05, 3.63) is 28.2 Å². The van der Waals surface area contributed by atoms with E-state index in [4.69, 9.17) is 18.0 Å². The number of benzene rings is 1. The summed E-state index contributed by atoms with van der Waals surface area (Å²) in [4.78, 5) is 0.445. The van der Waals surface area contributed by atoms with Crippen LogP contribution in [0.4, 0.5) is 5.69 Å². The van der Waals surface area contributed by atoms with Crippen LogP contribution in [-0.2, 0) is 0 Å². The average Bonchev–Trinajstić information content (AvgIpc) is 2.41. The molecule has 0 heterocycles. The molecule has 0 saturated heterocycles. The van der Waals surface area contributed by atoms with Crippen LogP contribution < -0.4 is 11.1 Å². The van der Waals surface area contributed by atoms with Gasteiger partial charge in [-0.2, -0.15) is 11.8 Å². The minimum atomic E-state index is 0.445. The van der Waals surface area contributed by atoms with Crippen molar-refractivity contribution in [3.8, 4) is 0 Å². The number of hydrogen-bond donors (Lipinski definition) is 2. The Hall–Kier alpha value is -0.260. The molecule has 1 aliphatic rings. The molecule has 0 spiro atoms. The quantitative estimate of drug-likeness (QED) is 0.792. The molecular weight excluding hydrogens is 340 g/mol. The van der Waals surface area contributed by atoms with E-state index in [2.05, 4.69) is 33.6 Å². The molecule has 2 nitrogen and oxygen atoms in total. The Morgan fingerprint density at radius 2 is 2.16 bits per heavy atom. The second-order valence-electron chi connectivity index (χ2n) is 4.86. The third-order valence-corrected chi connectivity index (χ3v) is 5.48. The van der Waals surface area contributed by atoms with Crippen LogP contribution in [-0.4, -0.2) is 22.5 Å². The van der Waals surface area contributed by atoms with Gasteiger partial charge in [-0.15, -0.1) is 0 Å². The van der Waals surface area contributed by atoms with Crippen LogP contribution in [0.3, 0.4) is 0 Å². The van der Waals surface area contributed by atoms with E-state index in [1.54, 1.807) is 0 Å². The number of hydrogen-bond acceptors (Lipinski definition) is 3. The fraction of sp³-hybridized carbons (Fsp3) is 0.500. The monoisotopic (exact) mass is 358 g/mol. The maximum absolute atomic E-state index is 5.82. The van der Waals surface area contributed by atoms with Gasteiger partial charge in [-0.05, 0) is 37.3 Å². The van der Waals surface area contributed by atoms with Crippen molar-refractivity contribution >= 4 is 50.6 Å². The van der Waals surface area contributed by atoms with E-state index in [0.717, 1.165) is 15.7 Å². The molecule has 0 aliphatic heterocycles. The lowest BCUT2D eigenvalue weighted by Crippen LogP contribution is -2.35. The first kappa shape index (κ1) is 15.1. The van der Waals surface area contributed by atoms with E-state index in [1.165, 1.54) is 25.7 Å². The summed E-state index contributed by atoms with van der Waals surface area (Å²) in [5, 5.41) is 4.33. The predicted molar refractivity (Wildman–Crippen MR) is 93.2 cm³/mol. The highest BCUT2D eigenvalue weighted by atomic mass is 79.9. The number of rotatable bonds is 4. The normalized spacial score (nSPS) is 23.1. The van der Waals surface area contributed by atoms with Crippen molar-refractivity contribution in [1.82, 2.24) is 0 Å². The summed E-state index contributed by atoms with van der Waals surface area (Å²) in [5.74, 6) is 0. The van der Waals surface area contributed by atoms with E-state index in [-0.39, 0.29) is 0 Å². The van der Waals surface area contributed by atoms with Crippen LogP contribution in [0.2, 0.25) is 0 Å². The van der Waals surface area contributed by atoms with Crippen molar-refractivity contribution in [2.45, 2.75) is 37.0 Å². The zero-order valence-corrected chi connectivity index (χ0v) is 14.2. The summed E-state index contributed by atoms with van der Waals surface area (Å²) < 4.78 is 1.01. The smallest absolute Gasteiger partial charge is 0.106 e. The summed E-state index contributed by atoms with van der Waals surface area (Å²) in [6.07, 6.45) is 7.34. The number of halogens is 1. The molecule has 1 saturated carbocycles. The van der Waals surface area contributed by atoms with Gasteiger partial charge in [-0.3, -0.25) is 0 Å². The summed E-state index contributed by atoms with van der Waals surface area (Å²) in [5.41, 5.74) is 7.80. The number of thiocarbonyl (C=S) groups is 1. The summed E-state index contributed by atoms with van der Waals surface area (Å²) >= 11 is 10.6. The first-order valence-corrected chi connectivity index (χ1v) is 8.99. The first-order valence-electron chi connectivity index (χ1n) is 6.50. The lowest BCUT2D eigenvalue weighted by molar-refractivity contribution is 0.475. The predicted octanol–water partition coefficient (Wildman–Crippen LogP) is 4.17. The Kier molecular flexibility index (Phi) is 5.54. The van der Waals surface area contributed by atoms with Gasteiger partial charge in [0.25, 0.3) is 0 Å². The highest BCUT2D eigenvalue weighted by Crippen LogP contribution is 2.31. The largest absolute Gasteiger partial charge is 0.389 e. The molecule has 2 atom stereocenters. The van der Waals surface area contributed by atoms with E-state index < -0.39 is 0 Å². The van der Waals surface area contributed by atoms with Gasteiger partial charge in [0.2, 0.25) is 0 Å². The van der Waals surface area contributed by atoms with E-state index in [1.807, 2.05) is 23.9 Å². The van der Waals surface area contributed by atoms with Crippen molar-refractivity contribution in [2.75, 3.05) is 11.6 Å². The van der Waals surface area contributed by atoms with Gasteiger partial charge in [0.05, 0.1) is 0 Å². The SMILES string of the molecule is CSC1CCCCC1Nc1ccc(Br)cc1C(N)=S. The Morgan fingerprint density at radius 1 is 1.42 bits per heavy atom. The maximum Gasteiger partial charge on any atom is 0.106 e. The van der Waals surface area contributed by atoms with Gasteiger partial charge < -0.3 is 11.1 Å². The number of nitrogens with two attached hydrogens (primary N) is 1. The van der Waals surface area contributed by atoms with Gasteiger partial charge in [-0.25, -0.2) is 0 Å². The fourth-order valence-corrected chi connectivity index (χ4v) is 4.06. The molecule has 19 heavy (non-hydrogen) atoms. The minimum absolute atomic E-state index is 0.445. The second-order valence-corrected chi connectivity index (χ2v) is 7.30. The average molecular weight is 359 g/mol. The molecule has 0 bridgehead atoms. The Bertz CT molecular complexity index is 465. The maximum atomic E-state index is 5.82. The summed E-state index contributed by atoms with van der Waals surface area (Å²) in [6, 6.07) is 6.59. The summed E-state index contributed by atoms with van der Waals surface area (Å²) in [6.45, 7) is 0. The molecule has 0 aromatic heterocycles. The second kappa shape index (κ2) is 6.95. The lowest BCUT2D eigenvalue weighted by Gasteiger charge is -2.32. The molecule has 3 N–H and O–H groups in total. The number of nitrogens with one attached hydrogen (secondary N) is 1. The summed E-state index contributed by atoms with van der Waals surface area (Å²) in [7, 11) is 0. The van der Waals surface area contributed by atoms with Crippen LogP contribution >= 0.6 is 39.9 Å². The van der Waals surface area contributed by atoms with E-state index in [9.17, 15) is 0 Å². The van der Waals surface area contributed by atoms with Gasteiger partial charge in [-0.1, -0.05) is 41.0 Å². The zero-order valence-electron chi connectivity index (χ0n) is 11.0. The first-order chi connectivity index (χ1) is 9.11. The third kappa shape index (κ3) is 3.86. The molecule has 0 radical (unpaired) electrons. The van der Waals surface area contributed by atoms with Crippen LogP contribution in [0.1, 0.15) is 31.2 Å². The Balaban J connectivity index is 2.20. The van der Waals surface area contributed by atoms with Gasteiger partial charge >= 0.3 is 0 Å². The molecule has 1 fully saturated rings. The van der Waals surface area contributed by atoms with Gasteiger partial charge in [0.1, 0.15) is 4.99 Å². The van der Waals surface area contributed by atoms with Crippen LogP contribution in [0, 0.1) is 0 Å². The zero-order chi connectivity index (χ0) is 13.8. The fourth-order valence-electron chi connectivity index (χ4n) is 2.59. The van der Waals surface area contributed by atoms with Crippen molar-refractivity contribution in [1.29, 1.82) is 0 Å². The number of anilines is 1.